The number of hydrogen-bond donors (Lipinski definition) is 2. The zero-order valence-corrected chi connectivity index (χ0v) is 10.2. The predicted octanol–water partition coefficient (Wildman–Crippen LogP) is 0.961. The molecule has 2 aromatic rings. The highest BCUT2D eigenvalue weighted by atomic mass is 35.5. The van der Waals surface area contributed by atoms with E-state index in [-0.39, 0.29) is 6.04 Å². The third-order valence-electron chi connectivity index (χ3n) is 2.25. The number of hydrogen-bond acceptors (Lipinski definition) is 6. The monoisotopic (exact) mass is 258 g/mol. The van der Waals surface area contributed by atoms with Gasteiger partial charge < -0.3 is 0 Å². The van der Waals surface area contributed by atoms with Crippen LogP contribution in [0.2, 0.25) is 5.02 Å². The zero-order chi connectivity index (χ0) is 11.5. The van der Waals surface area contributed by atoms with Crippen molar-refractivity contribution in [1.82, 2.24) is 24.0 Å². The van der Waals surface area contributed by atoms with E-state index in [0.29, 0.717) is 5.02 Å². The summed E-state index contributed by atoms with van der Waals surface area (Å²) in [4.78, 5) is 0. The maximum Gasteiger partial charge on any atom is 0.109 e. The van der Waals surface area contributed by atoms with Gasteiger partial charge >= 0.3 is 0 Å². The Balaban J connectivity index is 2.44. The van der Waals surface area contributed by atoms with Crippen LogP contribution in [0.1, 0.15) is 24.4 Å². The van der Waals surface area contributed by atoms with Crippen molar-refractivity contribution in [1.29, 1.82) is 0 Å². The van der Waals surface area contributed by atoms with Gasteiger partial charge in [0.1, 0.15) is 6.04 Å². The highest BCUT2D eigenvalue weighted by Crippen LogP contribution is 2.26. The predicted molar refractivity (Wildman–Crippen MR) is 62.0 cm³/mol. The van der Waals surface area contributed by atoms with Crippen LogP contribution in [0.25, 0.3) is 0 Å². The van der Waals surface area contributed by atoms with E-state index in [1.54, 1.807) is 17.1 Å². The lowest BCUT2D eigenvalue weighted by Gasteiger charge is -2.15. The number of halogens is 1. The summed E-state index contributed by atoms with van der Waals surface area (Å²) in [5.74, 6) is 5.53. The molecular formula is C8H11ClN6S. The van der Waals surface area contributed by atoms with Crippen LogP contribution in [0.3, 0.4) is 0 Å². The second-order valence-electron chi connectivity index (χ2n) is 3.13. The quantitative estimate of drug-likeness (QED) is 0.631. The third kappa shape index (κ3) is 1.94. The van der Waals surface area contributed by atoms with Crippen molar-refractivity contribution in [2.24, 2.45) is 5.84 Å². The van der Waals surface area contributed by atoms with Crippen LogP contribution in [0.4, 0.5) is 0 Å². The third-order valence-corrected chi connectivity index (χ3v) is 3.03. The molecule has 2 aromatic heterocycles. The lowest BCUT2D eigenvalue weighted by molar-refractivity contribution is 0.538. The fourth-order valence-electron chi connectivity index (χ4n) is 1.51. The Labute approximate surface area is 102 Å². The normalized spacial score (nSPS) is 12.9. The van der Waals surface area contributed by atoms with Crippen LogP contribution in [-0.2, 0) is 6.54 Å². The van der Waals surface area contributed by atoms with Gasteiger partial charge in [0.2, 0.25) is 0 Å². The van der Waals surface area contributed by atoms with Gasteiger partial charge in [-0.15, -0.1) is 0 Å². The molecule has 1 unspecified atom stereocenters. The minimum Gasteiger partial charge on any atom is -0.270 e. The Bertz CT molecular complexity index is 453. The number of aromatic nitrogens is 4. The molecule has 0 saturated carbocycles. The number of hydrazine groups is 1. The molecule has 0 aromatic carbocycles. The van der Waals surface area contributed by atoms with Crippen molar-refractivity contribution in [2.75, 3.05) is 0 Å². The Kier molecular flexibility index (Phi) is 3.49. The number of nitrogens with zero attached hydrogens (tertiary/aromatic N) is 4. The molecule has 2 heterocycles. The van der Waals surface area contributed by atoms with Crippen LogP contribution < -0.4 is 11.3 Å². The Hall–Kier alpha value is -1.02. The second kappa shape index (κ2) is 4.88. The molecule has 3 N–H and O–H groups in total. The van der Waals surface area contributed by atoms with E-state index in [1.807, 2.05) is 6.92 Å². The summed E-state index contributed by atoms with van der Waals surface area (Å²) in [6.07, 6.45) is 3.27. The van der Waals surface area contributed by atoms with Gasteiger partial charge in [0.05, 0.1) is 40.5 Å². The van der Waals surface area contributed by atoms with Gasteiger partial charge in [0.25, 0.3) is 0 Å². The second-order valence-corrected chi connectivity index (χ2v) is 4.09. The van der Waals surface area contributed by atoms with Crippen molar-refractivity contribution in [3.05, 3.63) is 28.8 Å². The van der Waals surface area contributed by atoms with Crippen molar-refractivity contribution < 1.29 is 0 Å². The van der Waals surface area contributed by atoms with E-state index in [4.69, 9.17) is 17.4 Å². The highest BCUT2D eigenvalue weighted by Gasteiger charge is 2.22. The molecule has 0 aliphatic carbocycles. The molecule has 0 amide bonds. The van der Waals surface area contributed by atoms with Crippen molar-refractivity contribution in [3.8, 4) is 0 Å². The van der Waals surface area contributed by atoms with Gasteiger partial charge in [0, 0.05) is 6.54 Å². The molecule has 0 radical (unpaired) electrons. The van der Waals surface area contributed by atoms with E-state index in [0.717, 1.165) is 29.7 Å². The van der Waals surface area contributed by atoms with Crippen molar-refractivity contribution in [2.45, 2.75) is 19.5 Å². The van der Waals surface area contributed by atoms with Gasteiger partial charge in [0.15, 0.2) is 0 Å². The first-order valence-corrected chi connectivity index (χ1v) is 5.83. The molecule has 6 nitrogen and oxygen atoms in total. The van der Waals surface area contributed by atoms with E-state index in [9.17, 15) is 0 Å². The summed E-state index contributed by atoms with van der Waals surface area (Å²) in [5, 5.41) is 4.72. The van der Waals surface area contributed by atoms with Gasteiger partial charge in [-0.1, -0.05) is 11.6 Å². The van der Waals surface area contributed by atoms with Gasteiger partial charge in [-0.25, -0.2) is 5.43 Å². The molecule has 2 rings (SSSR count). The first kappa shape index (κ1) is 11.5. The average molecular weight is 259 g/mol. The molecule has 1 atom stereocenters. The molecular weight excluding hydrogens is 248 g/mol. The first-order chi connectivity index (χ1) is 7.77. The molecule has 8 heteroatoms. The first-order valence-electron chi connectivity index (χ1n) is 4.72. The number of aryl methyl sites for hydroxylation is 1. The summed E-state index contributed by atoms with van der Waals surface area (Å²) in [6, 6.07) is -0.284. The lowest BCUT2D eigenvalue weighted by Crippen LogP contribution is -2.31. The topological polar surface area (TPSA) is 81.7 Å². The Morgan fingerprint density at radius 1 is 1.62 bits per heavy atom. The molecule has 86 valence electrons. The zero-order valence-electron chi connectivity index (χ0n) is 8.59. The van der Waals surface area contributed by atoms with E-state index < -0.39 is 0 Å². The minimum atomic E-state index is -0.284. The highest BCUT2D eigenvalue weighted by molar-refractivity contribution is 6.99. The maximum atomic E-state index is 6.09. The van der Waals surface area contributed by atoms with Gasteiger partial charge in [-0.3, -0.25) is 10.5 Å². The molecule has 16 heavy (non-hydrogen) atoms. The number of rotatable bonds is 4. The fourth-order valence-corrected chi connectivity index (χ4v) is 2.21. The molecule has 0 bridgehead atoms. The largest absolute Gasteiger partial charge is 0.270 e. The van der Waals surface area contributed by atoms with Crippen LogP contribution in [0, 0.1) is 0 Å². The van der Waals surface area contributed by atoms with Crippen molar-refractivity contribution >= 4 is 23.3 Å². The van der Waals surface area contributed by atoms with Crippen LogP contribution in [0.15, 0.2) is 12.4 Å². The SMILES string of the molecule is CCn1ncc(Cl)c1C(NN)c1cnsn1. The standard InChI is InChI=1S/C8H11ClN6S/c1-2-15-8(5(9)3-11-15)7(13-10)6-4-12-16-14-6/h3-4,7,13H,2,10H2,1H3. The van der Waals surface area contributed by atoms with Gasteiger partial charge in [-0.05, 0) is 6.92 Å². The molecule has 0 aliphatic heterocycles. The Morgan fingerprint density at radius 2 is 2.44 bits per heavy atom. The number of nitrogens with one attached hydrogen (secondary N) is 1. The summed E-state index contributed by atoms with van der Waals surface area (Å²) < 4.78 is 9.88. The summed E-state index contributed by atoms with van der Waals surface area (Å²) in [5.41, 5.74) is 4.23. The van der Waals surface area contributed by atoms with Crippen molar-refractivity contribution in [3.63, 3.8) is 0 Å². The lowest BCUT2D eigenvalue weighted by atomic mass is 10.1. The Morgan fingerprint density at radius 3 is 3.00 bits per heavy atom. The molecule has 0 saturated heterocycles. The number of nitrogens with two attached hydrogens (primary N) is 1. The maximum absolute atomic E-state index is 6.09. The summed E-state index contributed by atoms with van der Waals surface area (Å²) in [6.45, 7) is 2.71. The van der Waals surface area contributed by atoms with E-state index in [2.05, 4.69) is 19.3 Å². The van der Waals surface area contributed by atoms with Gasteiger partial charge in [-0.2, -0.15) is 13.8 Å². The van der Waals surface area contributed by atoms with Crippen LogP contribution in [0.5, 0.6) is 0 Å². The smallest absolute Gasteiger partial charge is 0.109 e. The van der Waals surface area contributed by atoms with Crippen LogP contribution >= 0.6 is 23.3 Å². The van der Waals surface area contributed by atoms with E-state index >= 15 is 0 Å². The minimum absolute atomic E-state index is 0.284. The summed E-state index contributed by atoms with van der Waals surface area (Å²) in [7, 11) is 0. The molecule has 0 aliphatic rings. The fraction of sp³-hybridized carbons (Fsp3) is 0.375. The molecule has 0 spiro atoms. The average Bonchev–Trinajstić information content (AvgIpc) is 2.91. The van der Waals surface area contributed by atoms with Crippen LogP contribution in [-0.4, -0.2) is 18.5 Å². The summed E-state index contributed by atoms with van der Waals surface area (Å²) >= 11 is 7.22. The molecule has 0 fully saturated rings. The van der Waals surface area contributed by atoms with E-state index in [1.165, 1.54) is 0 Å².